The van der Waals surface area contributed by atoms with Crippen LogP contribution in [0.3, 0.4) is 0 Å². The molecule has 1 aliphatic rings. The van der Waals surface area contributed by atoms with Gasteiger partial charge in [0.1, 0.15) is 5.82 Å². The molecule has 4 heteroatoms. The molecular weight excluding hydrogens is 231 g/mol. The van der Waals surface area contributed by atoms with Gasteiger partial charge in [-0.25, -0.2) is 4.39 Å². The predicted octanol–water partition coefficient (Wildman–Crippen LogP) is 2.02. The van der Waals surface area contributed by atoms with E-state index in [1.54, 1.807) is 19.2 Å². The zero-order valence-corrected chi connectivity index (χ0v) is 11.0. The average molecular weight is 252 g/mol. The number of nitrogens with zero attached hydrogens (tertiary/aromatic N) is 1. The maximum Gasteiger partial charge on any atom is 0.123 e. The van der Waals surface area contributed by atoms with Crippen molar-refractivity contribution >= 4 is 5.69 Å². The first-order valence-corrected chi connectivity index (χ1v) is 6.32. The number of rotatable bonds is 6. The number of hydrogen-bond donors (Lipinski definition) is 1. The van der Waals surface area contributed by atoms with Gasteiger partial charge in [0.2, 0.25) is 0 Å². The van der Waals surface area contributed by atoms with Gasteiger partial charge in [-0.15, -0.1) is 0 Å². The number of nitrogens with two attached hydrogens (primary N) is 1. The Morgan fingerprint density at radius 2 is 2.00 bits per heavy atom. The van der Waals surface area contributed by atoms with Crippen LogP contribution >= 0.6 is 0 Å². The van der Waals surface area contributed by atoms with Gasteiger partial charge in [0, 0.05) is 26.4 Å². The molecule has 0 saturated heterocycles. The van der Waals surface area contributed by atoms with Crippen molar-refractivity contribution in [3.8, 4) is 0 Å². The fraction of sp³-hybridized carbons (Fsp3) is 0.571. The van der Waals surface area contributed by atoms with Crippen LogP contribution in [0.5, 0.6) is 0 Å². The van der Waals surface area contributed by atoms with Crippen molar-refractivity contribution < 1.29 is 9.13 Å². The summed E-state index contributed by atoms with van der Waals surface area (Å²) in [6.45, 7) is 1.14. The third kappa shape index (κ3) is 2.35. The van der Waals surface area contributed by atoms with Crippen molar-refractivity contribution in [3.05, 3.63) is 30.1 Å². The van der Waals surface area contributed by atoms with Gasteiger partial charge < -0.3 is 15.4 Å². The third-order valence-electron chi connectivity index (χ3n) is 3.97. The van der Waals surface area contributed by atoms with E-state index in [-0.39, 0.29) is 11.4 Å². The molecule has 1 unspecified atom stereocenters. The molecule has 2 rings (SSSR count). The normalized spacial score (nSPS) is 18.4. The summed E-state index contributed by atoms with van der Waals surface area (Å²) in [6, 6.07) is 6.54. The summed E-state index contributed by atoms with van der Waals surface area (Å²) >= 11 is 0. The van der Waals surface area contributed by atoms with Crippen LogP contribution in [0.15, 0.2) is 24.3 Å². The highest BCUT2D eigenvalue weighted by atomic mass is 19.1. The van der Waals surface area contributed by atoms with Crippen LogP contribution in [0.25, 0.3) is 0 Å². The molecule has 0 spiro atoms. The van der Waals surface area contributed by atoms with Crippen molar-refractivity contribution in [1.29, 1.82) is 0 Å². The zero-order chi connectivity index (χ0) is 13.2. The zero-order valence-electron chi connectivity index (χ0n) is 11.0. The van der Waals surface area contributed by atoms with E-state index in [0.29, 0.717) is 19.1 Å². The molecule has 3 nitrogen and oxygen atoms in total. The molecule has 100 valence electrons. The summed E-state index contributed by atoms with van der Waals surface area (Å²) in [4.78, 5) is 2.15. The molecule has 2 N–H and O–H groups in total. The monoisotopic (exact) mass is 252 g/mol. The summed E-state index contributed by atoms with van der Waals surface area (Å²) in [5.74, 6) is 0.348. The summed E-state index contributed by atoms with van der Waals surface area (Å²) in [5, 5.41) is 0. The van der Waals surface area contributed by atoms with Crippen LogP contribution in [0, 0.1) is 11.7 Å². The van der Waals surface area contributed by atoms with Crippen LogP contribution in [0.4, 0.5) is 10.1 Å². The molecule has 0 bridgehead atoms. The van der Waals surface area contributed by atoms with E-state index in [0.717, 1.165) is 5.69 Å². The molecular formula is C14H21FN2O. The molecule has 1 aromatic carbocycles. The highest BCUT2D eigenvalue weighted by Crippen LogP contribution is 2.43. The lowest BCUT2D eigenvalue weighted by molar-refractivity contribution is 0.120. The van der Waals surface area contributed by atoms with E-state index < -0.39 is 0 Å². The second-order valence-corrected chi connectivity index (χ2v) is 5.05. The number of benzene rings is 1. The number of methoxy groups -OCH3 is 1. The molecule has 1 fully saturated rings. The first kappa shape index (κ1) is 13.3. The van der Waals surface area contributed by atoms with Crippen LogP contribution in [0.2, 0.25) is 0 Å². The van der Waals surface area contributed by atoms with E-state index in [1.165, 1.54) is 25.0 Å². The molecule has 0 heterocycles. The van der Waals surface area contributed by atoms with Gasteiger partial charge in [0.15, 0.2) is 0 Å². The number of halogens is 1. The smallest absolute Gasteiger partial charge is 0.123 e. The van der Waals surface area contributed by atoms with Crippen molar-refractivity contribution in [1.82, 2.24) is 0 Å². The first-order valence-electron chi connectivity index (χ1n) is 6.32. The fourth-order valence-electron chi connectivity index (χ4n) is 2.64. The Balaban J connectivity index is 2.26. The second kappa shape index (κ2) is 5.24. The van der Waals surface area contributed by atoms with Crippen LogP contribution < -0.4 is 10.6 Å². The van der Waals surface area contributed by atoms with E-state index in [2.05, 4.69) is 4.90 Å². The van der Waals surface area contributed by atoms with Gasteiger partial charge in [0.25, 0.3) is 0 Å². The Kier molecular flexibility index (Phi) is 3.88. The Hall–Kier alpha value is -1.13. The first-order chi connectivity index (χ1) is 8.64. The fourth-order valence-corrected chi connectivity index (χ4v) is 2.64. The molecule has 0 amide bonds. The summed E-state index contributed by atoms with van der Waals surface area (Å²) in [7, 11) is 3.71. The number of ether oxygens (including phenoxy) is 1. The van der Waals surface area contributed by atoms with Crippen molar-refractivity contribution in [2.75, 3.05) is 32.2 Å². The lowest BCUT2D eigenvalue weighted by Crippen LogP contribution is -2.57. The Morgan fingerprint density at radius 1 is 1.39 bits per heavy atom. The van der Waals surface area contributed by atoms with Gasteiger partial charge in [-0.05, 0) is 43.0 Å². The minimum atomic E-state index is -0.219. The van der Waals surface area contributed by atoms with E-state index in [1.807, 2.05) is 7.05 Å². The standard InChI is InChI=1S/C14H21FN2O/c1-17(13-7-5-12(15)6-8-13)14(9-16,10-18-2)11-3-4-11/h5-8,11H,3-4,9-10,16H2,1-2H3. The van der Waals surface area contributed by atoms with Crippen LogP contribution in [-0.2, 0) is 4.74 Å². The lowest BCUT2D eigenvalue weighted by atomic mass is 9.91. The second-order valence-electron chi connectivity index (χ2n) is 5.05. The molecule has 1 atom stereocenters. The minimum Gasteiger partial charge on any atom is -0.382 e. The molecule has 1 aromatic rings. The Morgan fingerprint density at radius 3 is 2.44 bits per heavy atom. The molecule has 0 aromatic heterocycles. The van der Waals surface area contributed by atoms with Gasteiger partial charge in [-0.1, -0.05) is 0 Å². The molecule has 0 aliphatic heterocycles. The topological polar surface area (TPSA) is 38.5 Å². The Labute approximate surface area is 108 Å². The third-order valence-corrected chi connectivity index (χ3v) is 3.97. The SMILES string of the molecule is COCC(CN)(C1CC1)N(C)c1ccc(F)cc1. The van der Waals surface area contributed by atoms with E-state index in [9.17, 15) is 4.39 Å². The minimum absolute atomic E-state index is 0.174. The molecule has 1 aliphatic carbocycles. The Bertz CT molecular complexity index is 391. The van der Waals surface area contributed by atoms with Crippen LogP contribution in [-0.4, -0.2) is 32.8 Å². The van der Waals surface area contributed by atoms with Gasteiger partial charge in [-0.3, -0.25) is 0 Å². The number of hydrogen-bond acceptors (Lipinski definition) is 3. The number of likely N-dealkylation sites (N-methyl/N-ethyl adjacent to an activating group) is 1. The maximum absolute atomic E-state index is 13.0. The van der Waals surface area contributed by atoms with E-state index >= 15 is 0 Å². The maximum atomic E-state index is 13.0. The average Bonchev–Trinajstić information content (AvgIpc) is 3.21. The molecule has 1 saturated carbocycles. The highest BCUT2D eigenvalue weighted by Gasteiger charge is 2.47. The molecule has 18 heavy (non-hydrogen) atoms. The van der Waals surface area contributed by atoms with Gasteiger partial charge >= 0.3 is 0 Å². The summed E-state index contributed by atoms with van der Waals surface area (Å²) < 4.78 is 18.3. The largest absolute Gasteiger partial charge is 0.382 e. The molecule has 0 radical (unpaired) electrons. The van der Waals surface area contributed by atoms with Crippen molar-refractivity contribution in [2.45, 2.75) is 18.4 Å². The van der Waals surface area contributed by atoms with Crippen molar-refractivity contribution in [2.24, 2.45) is 11.7 Å². The van der Waals surface area contributed by atoms with Crippen LogP contribution in [0.1, 0.15) is 12.8 Å². The summed E-state index contributed by atoms with van der Waals surface area (Å²) in [5.41, 5.74) is 6.81. The predicted molar refractivity (Wildman–Crippen MR) is 71.2 cm³/mol. The highest BCUT2D eigenvalue weighted by molar-refractivity contribution is 5.49. The van der Waals surface area contributed by atoms with E-state index in [4.69, 9.17) is 10.5 Å². The van der Waals surface area contributed by atoms with Gasteiger partial charge in [-0.2, -0.15) is 0 Å². The van der Waals surface area contributed by atoms with Gasteiger partial charge in [0.05, 0.1) is 12.1 Å². The lowest BCUT2D eigenvalue weighted by Gasteiger charge is -2.42. The number of anilines is 1. The summed E-state index contributed by atoms with van der Waals surface area (Å²) in [6.07, 6.45) is 2.37. The van der Waals surface area contributed by atoms with Crippen molar-refractivity contribution in [3.63, 3.8) is 0 Å². The quantitative estimate of drug-likeness (QED) is 0.841.